The lowest BCUT2D eigenvalue weighted by Gasteiger charge is -2.02. The minimum atomic E-state index is -0.328. The molecule has 1 aliphatic rings. The zero-order valence-corrected chi connectivity index (χ0v) is 12.2. The van der Waals surface area contributed by atoms with Crippen LogP contribution in [-0.4, -0.2) is 11.0 Å². The molecule has 2 aromatic carbocycles. The normalized spacial score (nSPS) is 15.1. The zero-order valence-electron chi connectivity index (χ0n) is 11.4. The molecule has 0 saturated heterocycles. The largest absolute Gasteiger partial charge is 0.422 e. The van der Waals surface area contributed by atoms with Crippen molar-refractivity contribution in [2.75, 3.05) is 0 Å². The predicted octanol–water partition coefficient (Wildman–Crippen LogP) is 4.56. The molecule has 0 bridgehead atoms. The highest BCUT2D eigenvalue weighted by atomic mass is 35.5. The van der Waals surface area contributed by atoms with Crippen molar-refractivity contribution in [1.29, 1.82) is 0 Å². The van der Waals surface area contributed by atoms with Crippen LogP contribution in [-0.2, 0) is 4.74 Å². The number of hydrogen-bond acceptors (Lipinski definition) is 3. The number of carbonyl (C=O) groups excluding carboxylic acids is 1. The Morgan fingerprint density at radius 1 is 1.00 bits per heavy atom. The maximum Gasteiger partial charge on any atom is 0.344 e. The fraction of sp³-hybridized carbons (Fsp3) is 0. The first-order valence-electron chi connectivity index (χ1n) is 6.80. The predicted molar refractivity (Wildman–Crippen MR) is 86.5 cm³/mol. The topological polar surface area (TPSA) is 39.2 Å². The first-order valence-corrected chi connectivity index (χ1v) is 7.18. The van der Waals surface area contributed by atoms with Crippen molar-refractivity contribution >= 4 is 40.3 Å². The molecule has 1 aromatic heterocycles. The van der Waals surface area contributed by atoms with Crippen molar-refractivity contribution in [3.05, 3.63) is 76.4 Å². The average molecular weight is 308 g/mol. The van der Waals surface area contributed by atoms with Crippen LogP contribution in [0.25, 0.3) is 22.7 Å². The summed E-state index contributed by atoms with van der Waals surface area (Å²) in [5.41, 5.74) is 2.90. The first-order chi connectivity index (χ1) is 10.7. The van der Waals surface area contributed by atoms with E-state index in [9.17, 15) is 4.79 Å². The molecule has 2 heterocycles. The summed E-state index contributed by atoms with van der Waals surface area (Å²) in [6.07, 6.45) is 1.77. The van der Waals surface area contributed by atoms with Gasteiger partial charge in [0.05, 0.1) is 16.8 Å². The Morgan fingerprint density at radius 2 is 1.77 bits per heavy atom. The van der Waals surface area contributed by atoms with Gasteiger partial charge in [0.25, 0.3) is 0 Å². The van der Waals surface area contributed by atoms with Crippen molar-refractivity contribution in [2.24, 2.45) is 0 Å². The van der Waals surface area contributed by atoms with Gasteiger partial charge in [-0.2, -0.15) is 0 Å². The second kappa shape index (κ2) is 4.97. The molecule has 4 rings (SSSR count). The summed E-state index contributed by atoms with van der Waals surface area (Å²) in [5.74, 6) is 0.195. The summed E-state index contributed by atoms with van der Waals surface area (Å²) < 4.78 is 5.33. The van der Waals surface area contributed by atoms with Gasteiger partial charge in [0, 0.05) is 22.0 Å². The van der Waals surface area contributed by atoms with Crippen molar-refractivity contribution in [3.8, 4) is 0 Å². The minimum absolute atomic E-state index is 0.328. The lowest BCUT2D eigenvalue weighted by molar-refractivity contribution is 0.0717. The summed E-state index contributed by atoms with van der Waals surface area (Å²) >= 11 is 6.00. The molecule has 0 spiro atoms. The average Bonchev–Trinajstić information content (AvgIpc) is 2.84. The molecule has 0 N–H and O–H groups in total. The van der Waals surface area contributed by atoms with Crippen LogP contribution in [0.3, 0.4) is 0 Å². The molecule has 3 nitrogen and oxygen atoms in total. The fourth-order valence-corrected chi connectivity index (χ4v) is 2.68. The van der Waals surface area contributed by atoms with Gasteiger partial charge in [0.15, 0.2) is 0 Å². The Hall–Kier alpha value is -2.65. The molecule has 0 amide bonds. The number of fused-ring (bicyclic) bond motifs is 2. The van der Waals surface area contributed by atoms with Crippen LogP contribution in [0, 0.1) is 0 Å². The van der Waals surface area contributed by atoms with E-state index < -0.39 is 0 Å². The summed E-state index contributed by atoms with van der Waals surface area (Å²) in [7, 11) is 0. The molecule has 4 heteroatoms. The SMILES string of the molecule is O=C1O/C(=C\c2ccc3ccc(Cl)cc3n2)c2ccccc21. The number of aromatic nitrogens is 1. The van der Waals surface area contributed by atoms with Crippen LogP contribution in [0.2, 0.25) is 5.02 Å². The number of nitrogens with zero attached hydrogens (tertiary/aromatic N) is 1. The van der Waals surface area contributed by atoms with Crippen LogP contribution < -0.4 is 0 Å². The van der Waals surface area contributed by atoms with Gasteiger partial charge in [0.1, 0.15) is 5.76 Å². The highest BCUT2D eigenvalue weighted by Gasteiger charge is 2.25. The number of benzene rings is 2. The molecule has 0 aliphatic carbocycles. The quantitative estimate of drug-likeness (QED) is 0.619. The van der Waals surface area contributed by atoms with Gasteiger partial charge >= 0.3 is 5.97 Å². The zero-order chi connectivity index (χ0) is 15.1. The third-order valence-electron chi connectivity index (χ3n) is 3.57. The lowest BCUT2D eigenvalue weighted by atomic mass is 10.1. The third kappa shape index (κ3) is 2.16. The third-order valence-corrected chi connectivity index (χ3v) is 3.80. The van der Waals surface area contributed by atoms with Crippen molar-refractivity contribution in [2.45, 2.75) is 0 Å². The van der Waals surface area contributed by atoms with Gasteiger partial charge in [-0.15, -0.1) is 0 Å². The molecule has 0 atom stereocenters. The number of esters is 1. The number of carbonyl (C=O) groups is 1. The van der Waals surface area contributed by atoms with E-state index in [4.69, 9.17) is 16.3 Å². The summed E-state index contributed by atoms with van der Waals surface area (Å²) in [6.45, 7) is 0. The fourth-order valence-electron chi connectivity index (χ4n) is 2.51. The van der Waals surface area contributed by atoms with Gasteiger partial charge in [-0.05, 0) is 24.3 Å². The Morgan fingerprint density at radius 3 is 2.64 bits per heavy atom. The van der Waals surface area contributed by atoms with Crippen molar-refractivity contribution in [1.82, 2.24) is 4.98 Å². The highest BCUT2D eigenvalue weighted by Crippen LogP contribution is 2.31. The molecule has 0 radical (unpaired) electrons. The molecule has 0 unspecified atom stereocenters. The monoisotopic (exact) mass is 307 g/mol. The van der Waals surface area contributed by atoms with Crippen LogP contribution in [0.1, 0.15) is 21.6 Å². The van der Waals surface area contributed by atoms with Crippen molar-refractivity contribution in [3.63, 3.8) is 0 Å². The standard InChI is InChI=1S/C18H10ClNO2/c19-12-7-5-11-6-8-13(20-16(11)9-12)10-17-14-3-1-2-4-15(14)18(21)22-17/h1-10H/b17-10-. The van der Waals surface area contributed by atoms with E-state index in [0.29, 0.717) is 22.0 Å². The summed E-state index contributed by atoms with van der Waals surface area (Å²) in [5, 5.41) is 1.65. The van der Waals surface area contributed by atoms with Gasteiger partial charge < -0.3 is 4.74 Å². The van der Waals surface area contributed by atoms with Crippen LogP contribution in [0.5, 0.6) is 0 Å². The second-order valence-electron chi connectivity index (χ2n) is 5.02. The maximum atomic E-state index is 11.8. The smallest absolute Gasteiger partial charge is 0.344 e. The Bertz CT molecular complexity index is 947. The summed E-state index contributed by atoms with van der Waals surface area (Å²) in [6, 6.07) is 16.7. The number of hydrogen-bond donors (Lipinski definition) is 0. The number of pyridine rings is 1. The van der Waals surface area contributed by atoms with Gasteiger partial charge in [0.2, 0.25) is 0 Å². The van der Waals surface area contributed by atoms with Crippen molar-refractivity contribution < 1.29 is 9.53 Å². The van der Waals surface area contributed by atoms with E-state index in [1.807, 2.05) is 48.5 Å². The van der Waals surface area contributed by atoms with E-state index >= 15 is 0 Å². The van der Waals surface area contributed by atoms with E-state index in [2.05, 4.69) is 4.98 Å². The highest BCUT2D eigenvalue weighted by molar-refractivity contribution is 6.31. The molecule has 106 valence electrons. The number of cyclic esters (lactones) is 1. The van der Waals surface area contributed by atoms with E-state index in [-0.39, 0.29) is 5.97 Å². The van der Waals surface area contributed by atoms with E-state index in [1.54, 1.807) is 12.1 Å². The molecule has 0 saturated carbocycles. The Labute approximate surface area is 131 Å². The van der Waals surface area contributed by atoms with E-state index in [1.165, 1.54) is 0 Å². The van der Waals surface area contributed by atoms with E-state index in [0.717, 1.165) is 16.5 Å². The van der Waals surface area contributed by atoms with Crippen LogP contribution in [0.4, 0.5) is 0 Å². The summed E-state index contributed by atoms with van der Waals surface area (Å²) in [4.78, 5) is 16.4. The minimum Gasteiger partial charge on any atom is -0.422 e. The molecule has 3 aromatic rings. The van der Waals surface area contributed by atoms with Crippen LogP contribution in [0.15, 0.2) is 54.6 Å². The van der Waals surface area contributed by atoms with Gasteiger partial charge in [-0.25, -0.2) is 9.78 Å². The maximum absolute atomic E-state index is 11.8. The molecule has 22 heavy (non-hydrogen) atoms. The number of rotatable bonds is 1. The molecular formula is C18H10ClNO2. The molecule has 1 aliphatic heterocycles. The molecule has 0 fully saturated rings. The molecular weight excluding hydrogens is 298 g/mol. The van der Waals surface area contributed by atoms with Gasteiger partial charge in [-0.1, -0.05) is 41.9 Å². The van der Waals surface area contributed by atoms with Gasteiger partial charge in [-0.3, -0.25) is 0 Å². The Kier molecular flexibility index (Phi) is 2.94. The number of ether oxygens (including phenoxy) is 1. The lowest BCUT2D eigenvalue weighted by Crippen LogP contribution is -1.92. The number of halogens is 1. The van der Waals surface area contributed by atoms with Crippen LogP contribution >= 0.6 is 11.6 Å². The second-order valence-corrected chi connectivity index (χ2v) is 5.45. The first kappa shape index (κ1) is 13.0. The Balaban J connectivity index is 1.82.